The summed E-state index contributed by atoms with van der Waals surface area (Å²) in [5.74, 6) is -7.62. The van der Waals surface area contributed by atoms with Crippen molar-refractivity contribution in [2.24, 2.45) is 11.5 Å². The van der Waals surface area contributed by atoms with Crippen LogP contribution in [0.25, 0.3) is 22.3 Å². The van der Waals surface area contributed by atoms with Crippen LogP contribution in [0.15, 0.2) is 47.3 Å². The quantitative estimate of drug-likeness (QED) is 0.0166. The minimum Gasteiger partial charge on any atom is -0.458 e. The molecule has 8 amide bonds. The van der Waals surface area contributed by atoms with E-state index in [1.54, 1.807) is 50.2 Å². The van der Waals surface area contributed by atoms with Gasteiger partial charge in [0, 0.05) is 42.0 Å². The maximum absolute atomic E-state index is 15.4. The summed E-state index contributed by atoms with van der Waals surface area (Å²) in [5, 5.41) is 59.4. The Bertz CT molecular complexity index is 3310. The number of aliphatic hydroxyl groups excluding tert-OH is 3. The van der Waals surface area contributed by atoms with E-state index in [2.05, 4.69) is 37.2 Å². The van der Waals surface area contributed by atoms with Gasteiger partial charge in [-0.1, -0.05) is 37.3 Å². The van der Waals surface area contributed by atoms with E-state index in [4.69, 9.17) is 30.7 Å². The number of aryl methyl sites for hydroxylation is 1. The van der Waals surface area contributed by atoms with Gasteiger partial charge in [-0.2, -0.15) is 0 Å². The number of benzene rings is 2. The Morgan fingerprint density at radius 3 is 2.28 bits per heavy atom. The van der Waals surface area contributed by atoms with E-state index in [1.807, 2.05) is 0 Å². The fourth-order valence-electron chi connectivity index (χ4n) is 10.5. The third kappa shape index (κ3) is 13.3. The standard InChI is InChI=1S/C54H64FN11O17/c1-3-54(80)29-14-35-44-27(20-66(35)52(78)28(29)21-82-53(54)79)43-32(11-9-26-24(2)30(55)15-33(65-44)42(26)43)63-41(71)22-81-23-62-39(69)18-61-51(77)34(13-25-7-5-4-6-8-25)64-40(70)19-59-38(68)17-60-50(76)31(56)10-12-37(67)58-16-36-45(72)46(73)47(74)48(83-36)49(57)75/h4-8,14-15,31-32,34,36,45-48,72-74,80H,3,9-13,16-23,56H2,1-2H3,(H2,57,75)(H,58,67)(H,59,68)(H,60,76)(H,61,77)(H,62,69)(H,63,71)(H,64,70)/t31-,32-,34-,36-,45-,46+,47-,48-,54-/m0/s1. The van der Waals surface area contributed by atoms with Gasteiger partial charge >= 0.3 is 5.97 Å². The van der Waals surface area contributed by atoms with Gasteiger partial charge in [0.25, 0.3) is 5.56 Å². The lowest BCUT2D eigenvalue weighted by molar-refractivity contribution is -0.217. The molecule has 83 heavy (non-hydrogen) atoms. The van der Waals surface area contributed by atoms with E-state index >= 15 is 4.39 Å². The normalized spacial score (nSPS) is 21.9. The summed E-state index contributed by atoms with van der Waals surface area (Å²) in [7, 11) is 0. The minimum absolute atomic E-state index is 0.0252. The molecule has 2 aromatic carbocycles. The number of halogens is 1. The van der Waals surface area contributed by atoms with Crippen LogP contribution in [0.1, 0.15) is 77.6 Å². The first-order valence-electron chi connectivity index (χ1n) is 26.6. The van der Waals surface area contributed by atoms with Crippen LogP contribution in [0.5, 0.6) is 0 Å². The number of cyclic esters (lactones) is 1. The number of hydrogen-bond acceptors (Lipinski definition) is 19. The van der Waals surface area contributed by atoms with Crippen molar-refractivity contribution in [3.8, 4) is 11.4 Å². The van der Waals surface area contributed by atoms with E-state index in [0.717, 1.165) is 0 Å². The Labute approximate surface area is 471 Å². The number of esters is 1. The zero-order valence-electron chi connectivity index (χ0n) is 45.1. The van der Waals surface area contributed by atoms with Crippen LogP contribution in [0, 0.1) is 12.7 Å². The molecule has 444 valence electrons. The molecule has 1 aliphatic carbocycles. The molecule has 9 atom stereocenters. The van der Waals surface area contributed by atoms with Crippen molar-refractivity contribution >= 4 is 64.1 Å². The number of nitrogens with zero attached hydrogens (tertiary/aromatic N) is 2. The first-order chi connectivity index (χ1) is 39.5. The number of fused-ring (bicyclic) bond motifs is 5. The van der Waals surface area contributed by atoms with E-state index in [1.165, 1.54) is 10.6 Å². The van der Waals surface area contributed by atoms with Gasteiger partial charge in [-0.3, -0.25) is 43.2 Å². The third-order valence-electron chi connectivity index (χ3n) is 15.1. The highest BCUT2D eigenvalue weighted by molar-refractivity contribution is 5.95. The number of primary amides is 1. The summed E-state index contributed by atoms with van der Waals surface area (Å²) in [6.45, 7) is -0.264. The average molecular weight is 1160 g/mol. The van der Waals surface area contributed by atoms with E-state index in [0.29, 0.717) is 57.4 Å². The Hall–Kier alpha value is -8.32. The number of hydrogen-bond donors (Lipinski definition) is 13. The zero-order chi connectivity index (χ0) is 60.0. The molecule has 2 aromatic heterocycles. The van der Waals surface area contributed by atoms with Crippen LogP contribution < -0.4 is 54.2 Å². The van der Waals surface area contributed by atoms with E-state index in [-0.39, 0.29) is 55.5 Å². The molecule has 0 spiro atoms. The maximum Gasteiger partial charge on any atom is 0.343 e. The predicted octanol–water partition coefficient (Wildman–Crippen LogP) is -4.64. The number of aliphatic hydroxyl groups is 4. The number of carbonyl (C=O) groups is 9. The number of carbonyl (C=O) groups excluding carboxylic acids is 9. The van der Waals surface area contributed by atoms with Gasteiger partial charge in [0.1, 0.15) is 56.2 Å². The van der Waals surface area contributed by atoms with Crippen molar-refractivity contribution in [2.75, 3.05) is 39.5 Å². The van der Waals surface area contributed by atoms with Crippen molar-refractivity contribution in [3.63, 3.8) is 0 Å². The van der Waals surface area contributed by atoms with Gasteiger partial charge in [0.2, 0.25) is 47.3 Å². The Balaban J connectivity index is 0.782. The van der Waals surface area contributed by atoms with Crippen molar-refractivity contribution in [2.45, 2.75) is 120 Å². The van der Waals surface area contributed by atoms with Gasteiger partial charge in [0.05, 0.1) is 60.7 Å². The van der Waals surface area contributed by atoms with E-state index < -0.39 is 158 Å². The second-order valence-corrected chi connectivity index (χ2v) is 20.5. The summed E-state index contributed by atoms with van der Waals surface area (Å²) in [6, 6.07) is 8.25. The first kappa shape index (κ1) is 60.8. The number of amides is 8. The van der Waals surface area contributed by atoms with Gasteiger partial charge in [-0.05, 0) is 60.9 Å². The number of ether oxygens (including phenoxy) is 3. The molecule has 0 radical (unpaired) electrons. The van der Waals surface area contributed by atoms with Gasteiger partial charge in [0.15, 0.2) is 11.7 Å². The van der Waals surface area contributed by atoms with Crippen LogP contribution in [0.4, 0.5) is 4.39 Å². The lowest BCUT2D eigenvalue weighted by Crippen LogP contribution is -2.62. The van der Waals surface area contributed by atoms with Crippen molar-refractivity contribution in [1.82, 2.24) is 46.8 Å². The highest BCUT2D eigenvalue weighted by Crippen LogP contribution is 2.46. The first-order valence-corrected chi connectivity index (χ1v) is 26.6. The van der Waals surface area contributed by atoms with Crippen molar-refractivity contribution in [1.29, 1.82) is 0 Å². The smallest absolute Gasteiger partial charge is 0.343 e. The summed E-state index contributed by atoms with van der Waals surface area (Å²) < 4.78 is 32.8. The molecule has 0 saturated carbocycles. The molecular weight excluding hydrogens is 1090 g/mol. The largest absolute Gasteiger partial charge is 0.458 e. The molecule has 8 rings (SSSR count). The predicted molar refractivity (Wildman–Crippen MR) is 285 cm³/mol. The SMILES string of the molecule is CC[C@@]1(O)C(=O)OCc2c1cc1n(c2=O)Cc2c-1nc1cc(F)c(C)c3c1c2[C@@H](NC(=O)COCNC(=O)CNC(=O)[C@H](Cc1ccccc1)NC(=O)CNC(=O)CNC(=O)[C@@H](N)CCC(=O)NC[C@@H]1O[C@H](C(N)=O)[C@@H](O)[C@H](O)[C@H]1O)CC3. The zero-order valence-corrected chi connectivity index (χ0v) is 45.1. The molecule has 15 N–H and O–H groups in total. The molecule has 3 aliphatic heterocycles. The average Bonchev–Trinajstić information content (AvgIpc) is 2.26. The fraction of sp³-hybridized carbons (Fsp3) is 0.463. The van der Waals surface area contributed by atoms with E-state index in [9.17, 15) is 68.4 Å². The van der Waals surface area contributed by atoms with Crippen LogP contribution in [0.3, 0.4) is 0 Å². The third-order valence-corrected chi connectivity index (χ3v) is 15.1. The number of aromatic nitrogens is 2. The Morgan fingerprint density at radius 1 is 0.867 bits per heavy atom. The lowest BCUT2D eigenvalue weighted by atomic mass is 9.81. The molecule has 4 aliphatic rings. The second-order valence-electron chi connectivity index (χ2n) is 20.5. The maximum atomic E-state index is 15.4. The summed E-state index contributed by atoms with van der Waals surface area (Å²) in [6.07, 6.45) is -8.04. The molecule has 4 aromatic rings. The second kappa shape index (κ2) is 25.9. The van der Waals surface area contributed by atoms with Crippen molar-refractivity contribution in [3.05, 3.63) is 97.6 Å². The van der Waals surface area contributed by atoms with Crippen LogP contribution in [-0.2, 0) is 89.0 Å². The van der Waals surface area contributed by atoms with Crippen LogP contribution >= 0.6 is 0 Å². The summed E-state index contributed by atoms with van der Waals surface area (Å²) in [4.78, 5) is 133. The monoisotopic (exact) mass is 1160 g/mol. The number of nitrogens with one attached hydrogen (secondary N) is 7. The van der Waals surface area contributed by atoms with Crippen LogP contribution in [0.2, 0.25) is 0 Å². The number of nitrogens with two attached hydrogens (primary N) is 2. The molecule has 29 heteroatoms. The number of pyridine rings is 2. The molecule has 0 bridgehead atoms. The molecule has 1 fully saturated rings. The summed E-state index contributed by atoms with van der Waals surface area (Å²) >= 11 is 0. The summed E-state index contributed by atoms with van der Waals surface area (Å²) in [5.41, 5.74) is 12.6. The highest BCUT2D eigenvalue weighted by Gasteiger charge is 2.47. The van der Waals surface area contributed by atoms with Crippen molar-refractivity contribution < 1.29 is 82.2 Å². The molecule has 5 heterocycles. The van der Waals surface area contributed by atoms with Gasteiger partial charge < -0.3 is 87.9 Å². The lowest BCUT2D eigenvalue weighted by Gasteiger charge is -2.39. The fourth-order valence-corrected chi connectivity index (χ4v) is 10.5. The van der Waals surface area contributed by atoms with Gasteiger partial charge in [-0.15, -0.1) is 0 Å². The Morgan fingerprint density at radius 2 is 1.57 bits per heavy atom. The highest BCUT2D eigenvalue weighted by atomic mass is 19.1. The molecular formula is C54H64FN11O17. The minimum atomic E-state index is -2.07. The molecule has 0 unspecified atom stereocenters. The Kier molecular flexibility index (Phi) is 18.9. The topological polar surface area (TPSA) is 433 Å². The van der Waals surface area contributed by atoms with Gasteiger partial charge in [-0.25, -0.2) is 14.2 Å². The number of rotatable bonds is 23. The molecule has 28 nitrogen and oxygen atoms in total. The molecule has 1 saturated heterocycles. The van der Waals surface area contributed by atoms with Crippen LogP contribution in [-0.4, -0.2) is 165 Å².